The van der Waals surface area contributed by atoms with Crippen LogP contribution in [0, 0.1) is 0 Å². The highest BCUT2D eigenvalue weighted by molar-refractivity contribution is 7.11. The van der Waals surface area contributed by atoms with Crippen LogP contribution in [0.3, 0.4) is 0 Å². The first-order chi connectivity index (χ1) is 10.4. The zero-order chi connectivity index (χ0) is 14.5. The van der Waals surface area contributed by atoms with E-state index in [4.69, 9.17) is 0 Å². The summed E-state index contributed by atoms with van der Waals surface area (Å²) < 4.78 is 1.69. The summed E-state index contributed by atoms with van der Waals surface area (Å²) in [6, 6.07) is 9.83. The minimum absolute atomic E-state index is 0.647. The molecule has 0 radical (unpaired) electrons. The topological polar surface area (TPSA) is 68.5 Å². The van der Waals surface area contributed by atoms with Gasteiger partial charge in [0.25, 0.3) is 0 Å². The van der Waals surface area contributed by atoms with Crippen LogP contribution >= 0.6 is 11.3 Å². The Bertz CT molecular complexity index is 690. The Hall–Kier alpha value is -2.28. The van der Waals surface area contributed by atoms with Crippen LogP contribution in [0.5, 0.6) is 0 Å². The van der Waals surface area contributed by atoms with E-state index in [1.165, 1.54) is 4.88 Å². The number of rotatable bonds is 6. The summed E-state index contributed by atoms with van der Waals surface area (Å²) in [6.45, 7) is 2.90. The predicted octanol–water partition coefficient (Wildman–Crippen LogP) is 2.34. The normalized spacial score (nSPS) is 10.7. The summed E-state index contributed by atoms with van der Waals surface area (Å²) in [5.41, 5.74) is 0.938. The van der Waals surface area contributed by atoms with Crippen molar-refractivity contribution in [2.45, 2.75) is 19.8 Å². The summed E-state index contributed by atoms with van der Waals surface area (Å²) >= 11 is 1.76. The maximum Gasteiger partial charge on any atom is 0.247 e. The van der Waals surface area contributed by atoms with Crippen molar-refractivity contribution in [1.29, 1.82) is 0 Å². The maximum atomic E-state index is 4.41. The molecule has 0 saturated carbocycles. The molecule has 0 aliphatic heterocycles. The van der Waals surface area contributed by atoms with E-state index in [0.29, 0.717) is 5.95 Å². The molecule has 3 rings (SSSR count). The Labute approximate surface area is 126 Å². The molecular formula is C14H16N6S. The molecule has 1 aromatic carbocycles. The molecule has 108 valence electrons. The van der Waals surface area contributed by atoms with Gasteiger partial charge >= 0.3 is 0 Å². The van der Waals surface area contributed by atoms with Crippen LogP contribution in [0.1, 0.15) is 16.8 Å². The van der Waals surface area contributed by atoms with Crippen molar-refractivity contribution in [2.75, 3.05) is 11.9 Å². The van der Waals surface area contributed by atoms with Gasteiger partial charge in [-0.3, -0.25) is 0 Å². The lowest BCUT2D eigenvalue weighted by molar-refractivity contribution is 0.788. The Morgan fingerprint density at radius 2 is 2.10 bits per heavy atom. The van der Waals surface area contributed by atoms with E-state index in [9.17, 15) is 0 Å². The molecule has 0 atom stereocenters. The van der Waals surface area contributed by atoms with Gasteiger partial charge in [0.05, 0.1) is 10.7 Å². The fourth-order valence-electron chi connectivity index (χ4n) is 1.95. The first-order valence-corrected chi connectivity index (χ1v) is 7.69. The maximum absolute atomic E-state index is 4.41. The molecule has 0 aliphatic carbocycles. The number of para-hydroxylation sites is 1. The number of hydrogen-bond donors (Lipinski definition) is 1. The molecule has 0 aliphatic rings. The molecule has 0 amide bonds. The molecule has 0 bridgehead atoms. The number of nitrogens with zero attached hydrogens (tertiary/aromatic N) is 5. The van der Waals surface area contributed by atoms with Gasteiger partial charge in [-0.2, -0.15) is 4.68 Å². The average molecular weight is 300 g/mol. The number of aromatic nitrogens is 5. The highest BCUT2D eigenvalue weighted by Crippen LogP contribution is 2.14. The van der Waals surface area contributed by atoms with Crippen LogP contribution in [-0.4, -0.2) is 31.7 Å². The van der Waals surface area contributed by atoms with Gasteiger partial charge in [-0.25, -0.2) is 4.98 Å². The second-order valence-corrected chi connectivity index (χ2v) is 5.70. The fourth-order valence-corrected chi connectivity index (χ4v) is 2.81. The number of nitrogens with one attached hydrogen (secondary N) is 1. The van der Waals surface area contributed by atoms with Gasteiger partial charge in [0.15, 0.2) is 0 Å². The van der Waals surface area contributed by atoms with E-state index in [1.807, 2.05) is 36.5 Å². The molecule has 2 heterocycles. The minimum Gasteiger partial charge on any atom is -0.352 e. The third-order valence-electron chi connectivity index (χ3n) is 3.04. The Kier molecular flexibility index (Phi) is 4.20. The molecule has 0 saturated heterocycles. The quantitative estimate of drug-likeness (QED) is 0.756. The first-order valence-electron chi connectivity index (χ1n) is 6.88. The van der Waals surface area contributed by atoms with Crippen LogP contribution in [0.25, 0.3) is 5.69 Å². The standard InChI is InChI=1S/C14H16N6S/c1-2-12-10-16-13(21-12)8-9-15-14-17-18-19-20(14)11-6-4-3-5-7-11/h3-7,10H,2,8-9H2,1H3,(H,15,17,19). The SMILES string of the molecule is CCc1cnc(CCNc2nnnn2-c2ccccc2)s1. The minimum atomic E-state index is 0.647. The van der Waals surface area contributed by atoms with Gasteiger partial charge in [0, 0.05) is 24.0 Å². The summed E-state index contributed by atoms with van der Waals surface area (Å²) in [5.74, 6) is 0.647. The number of hydrogen-bond acceptors (Lipinski definition) is 6. The smallest absolute Gasteiger partial charge is 0.247 e. The molecule has 2 aromatic heterocycles. The zero-order valence-corrected chi connectivity index (χ0v) is 12.5. The van der Waals surface area contributed by atoms with Crippen LogP contribution in [-0.2, 0) is 12.8 Å². The molecule has 21 heavy (non-hydrogen) atoms. The highest BCUT2D eigenvalue weighted by atomic mass is 32.1. The monoisotopic (exact) mass is 300 g/mol. The van der Waals surface area contributed by atoms with Crippen molar-refractivity contribution in [3.05, 3.63) is 46.4 Å². The zero-order valence-electron chi connectivity index (χ0n) is 11.7. The Morgan fingerprint density at radius 3 is 2.86 bits per heavy atom. The van der Waals surface area contributed by atoms with E-state index >= 15 is 0 Å². The van der Waals surface area contributed by atoms with Crippen molar-refractivity contribution < 1.29 is 0 Å². The van der Waals surface area contributed by atoms with Gasteiger partial charge in [0.1, 0.15) is 0 Å². The third kappa shape index (κ3) is 3.25. The Morgan fingerprint density at radius 1 is 1.24 bits per heavy atom. The van der Waals surface area contributed by atoms with Gasteiger partial charge in [-0.15, -0.1) is 11.3 Å². The number of tetrazole rings is 1. The Balaban J connectivity index is 1.62. The summed E-state index contributed by atoms with van der Waals surface area (Å²) in [5, 5.41) is 16.2. The predicted molar refractivity (Wildman–Crippen MR) is 82.8 cm³/mol. The lowest BCUT2D eigenvalue weighted by Gasteiger charge is -2.05. The number of anilines is 1. The molecule has 3 aromatic rings. The van der Waals surface area contributed by atoms with Gasteiger partial charge in [0.2, 0.25) is 5.95 Å². The van der Waals surface area contributed by atoms with E-state index in [-0.39, 0.29) is 0 Å². The van der Waals surface area contributed by atoms with Crippen molar-refractivity contribution in [2.24, 2.45) is 0 Å². The van der Waals surface area contributed by atoms with E-state index in [0.717, 1.165) is 30.1 Å². The molecule has 0 unspecified atom stereocenters. The average Bonchev–Trinajstić information content (AvgIpc) is 3.17. The summed E-state index contributed by atoms with van der Waals surface area (Å²) in [7, 11) is 0. The largest absolute Gasteiger partial charge is 0.352 e. The molecule has 6 nitrogen and oxygen atoms in total. The molecule has 7 heteroatoms. The highest BCUT2D eigenvalue weighted by Gasteiger charge is 2.07. The van der Waals surface area contributed by atoms with E-state index in [2.05, 4.69) is 32.7 Å². The fraction of sp³-hybridized carbons (Fsp3) is 0.286. The van der Waals surface area contributed by atoms with Crippen molar-refractivity contribution >= 4 is 17.3 Å². The lowest BCUT2D eigenvalue weighted by atomic mass is 10.3. The lowest BCUT2D eigenvalue weighted by Crippen LogP contribution is -2.10. The van der Waals surface area contributed by atoms with Gasteiger partial charge < -0.3 is 5.32 Å². The van der Waals surface area contributed by atoms with Crippen LogP contribution < -0.4 is 5.32 Å². The van der Waals surface area contributed by atoms with Gasteiger partial charge in [-0.1, -0.05) is 30.2 Å². The van der Waals surface area contributed by atoms with Crippen molar-refractivity contribution in [1.82, 2.24) is 25.2 Å². The van der Waals surface area contributed by atoms with E-state index in [1.54, 1.807) is 16.0 Å². The molecular weight excluding hydrogens is 284 g/mol. The van der Waals surface area contributed by atoms with Crippen LogP contribution in [0.15, 0.2) is 36.5 Å². The number of aryl methyl sites for hydroxylation is 1. The number of thiazole rings is 1. The molecule has 0 fully saturated rings. The second-order valence-electron chi connectivity index (χ2n) is 4.50. The van der Waals surface area contributed by atoms with E-state index < -0.39 is 0 Å². The molecule has 1 N–H and O–H groups in total. The van der Waals surface area contributed by atoms with Crippen LogP contribution in [0.2, 0.25) is 0 Å². The van der Waals surface area contributed by atoms with Crippen molar-refractivity contribution in [3.8, 4) is 5.69 Å². The second kappa shape index (κ2) is 6.45. The summed E-state index contributed by atoms with van der Waals surface area (Å²) in [4.78, 5) is 5.73. The van der Waals surface area contributed by atoms with Crippen molar-refractivity contribution in [3.63, 3.8) is 0 Å². The third-order valence-corrected chi connectivity index (χ3v) is 4.24. The summed E-state index contributed by atoms with van der Waals surface area (Å²) in [6.07, 6.45) is 3.86. The number of benzene rings is 1. The van der Waals surface area contributed by atoms with Gasteiger partial charge in [-0.05, 0) is 29.0 Å². The van der Waals surface area contributed by atoms with Crippen LogP contribution in [0.4, 0.5) is 5.95 Å². The first kappa shape index (κ1) is 13.7. The molecule has 0 spiro atoms.